The SMILES string of the molecule is Cc1nn(C)cc1CNCc1cnn(CCO)c1. The lowest BCUT2D eigenvalue weighted by molar-refractivity contribution is 0.269. The van der Waals surface area contributed by atoms with Crippen molar-refractivity contribution in [1.82, 2.24) is 24.9 Å². The third-order valence-electron chi connectivity index (χ3n) is 2.78. The van der Waals surface area contributed by atoms with Crippen molar-refractivity contribution in [2.45, 2.75) is 26.6 Å². The molecule has 0 saturated heterocycles. The van der Waals surface area contributed by atoms with Crippen LogP contribution in [0, 0.1) is 6.92 Å². The maximum atomic E-state index is 8.80. The molecule has 0 spiro atoms. The molecule has 18 heavy (non-hydrogen) atoms. The molecular weight excluding hydrogens is 230 g/mol. The lowest BCUT2D eigenvalue weighted by Gasteiger charge is -2.01. The van der Waals surface area contributed by atoms with Crippen LogP contribution in [-0.2, 0) is 26.7 Å². The monoisotopic (exact) mass is 249 g/mol. The highest BCUT2D eigenvalue weighted by atomic mass is 16.3. The largest absolute Gasteiger partial charge is 0.394 e. The zero-order chi connectivity index (χ0) is 13.0. The average molecular weight is 249 g/mol. The van der Waals surface area contributed by atoms with Crippen LogP contribution in [0.3, 0.4) is 0 Å². The van der Waals surface area contributed by atoms with Crippen LogP contribution < -0.4 is 5.32 Å². The number of aliphatic hydroxyl groups excluding tert-OH is 1. The van der Waals surface area contributed by atoms with Crippen LogP contribution in [0.5, 0.6) is 0 Å². The van der Waals surface area contributed by atoms with Crippen molar-refractivity contribution in [1.29, 1.82) is 0 Å². The first kappa shape index (κ1) is 12.8. The fourth-order valence-electron chi connectivity index (χ4n) is 1.89. The first-order valence-corrected chi connectivity index (χ1v) is 6.01. The Bertz CT molecular complexity index is 502. The maximum absolute atomic E-state index is 8.80. The fraction of sp³-hybridized carbons (Fsp3) is 0.500. The van der Waals surface area contributed by atoms with Crippen LogP contribution in [0.15, 0.2) is 18.6 Å². The number of aromatic nitrogens is 4. The second-order valence-corrected chi connectivity index (χ2v) is 4.35. The molecule has 0 aliphatic carbocycles. The van der Waals surface area contributed by atoms with Crippen molar-refractivity contribution >= 4 is 0 Å². The van der Waals surface area contributed by atoms with Crippen LogP contribution in [-0.4, -0.2) is 31.3 Å². The van der Waals surface area contributed by atoms with Crippen LogP contribution in [0.25, 0.3) is 0 Å². The van der Waals surface area contributed by atoms with Gasteiger partial charge in [0.2, 0.25) is 0 Å². The predicted molar refractivity (Wildman–Crippen MR) is 67.8 cm³/mol. The molecule has 0 aliphatic rings. The number of hydrogen-bond donors (Lipinski definition) is 2. The molecule has 0 saturated carbocycles. The lowest BCUT2D eigenvalue weighted by Crippen LogP contribution is -2.12. The highest BCUT2D eigenvalue weighted by molar-refractivity contribution is 5.15. The van der Waals surface area contributed by atoms with Gasteiger partial charge in [-0.05, 0) is 6.92 Å². The molecule has 0 fully saturated rings. The summed E-state index contributed by atoms with van der Waals surface area (Å²) >= 11 is 0. The summed E-state index contributed by atoms with van der Waals surface area (Å²) in [5, 5.41) is 20.6. The Balaban J connectivity index is 1.82. The summed E-state index contributed by atoms with van der Waals surface area (Å²) in [6.45, 7) is 4.23. The Morgan fingerprint density at radius 3 is 2.83 bits per heavy atom. The summed E-state index contributed by atoms with van der Waals surface area (Å²) in [6, 6.07) is 0. The molecule has 2 aromatic rings. The topological polar surface area (TPSA) is 67.9 Å². The average Bonchev–Trinajstić information content (AvgIpc) is 2.87. The van der Waals surface area contributed by atoms with Crippen LogP contribution >= 0.6 is 0 Å². The van der Waals surface area contributed by atoms with Gasteiger partial charge in [0.1, 0.15) is 0 Å². The van der Waals surface area contributed by atoms with E-state index < -0.39 is 0 Å². The van der Waals surface area contributed by atoms with Gasteiger partial charge in [-0.1, -0.05) is 0 Å². The van der Waals surface area contributed by atoms with Gasteiger partial charge in [-0.3, -0.25) is 9.36 Å². The van der Waals surface area contributed by atoms with E-state index in [1.54, 1.807) is 4.68 Å². The highest BCUT2D eigenvalue weighted by Crippen LogP contribution is 2.04. The first-order chi connectivity index (χ1) is 8.69. The summed E-state index contributed by atoms with van der Waals surface area (Å²) in [4.78, 5) is 0. The second kappa shape index (κ2) is 5.79. The molecule has 0 radical (unpaired) electrons. The zero-order valence-corrected chi connectivity index (χ0v) is 10.8. The van der Waals surface area contributed by atoms with Crippen LogP contribution in [0.2, 0.25) is 0 Å². The predicted octanol–water partition coefficient (Wildman–Crippen LogP) is 0.207. The van der Waals surface area contributed by atoms with E-state index in [0.717, 1.165) is 24.3 Å². The minimum atomic E-state index is 0.115. The van der Waals surface area contributed by atoms with Gasteiger partial charge < -0.3 is 10.4 Å². The summed E-state index contributed by atoms with van der Waals surface area (Å²) in [6.07, 6.45) is 5.79. The smallest absolute Gasteiger partial charge is 0.0640 e. The van der Waals surface area contributed by atoms with Gasteiger partial charge in [0.15, 0.2) is 0 Å². The fourth-order valence-corrected chi connectivity index (χ4v) is 1.89. The third kappa shape index (κ3) is 3.18. The molecule has 2 aromatic heterocycles. The van der Waals surface area contributed by atoms with Gasteiger partial charge in [0, 0.05) is 43.7 Å². The number of aryl methyl sites for hydroxylation is 2. The van der Waals surface area contributed by atoms with E-state index >= 15 is 0 Å². The van der Waals surface area contributed by atoms with Gasteiger partial charge in [-0.2, -0.15) is 10.2 Å². The van der Waals surface area contributed by atoms with E-state index in [2.05, 4.69) is 15.5 Å². The first-order valence-electron chi connectivity index (χ1n) is 6.01. The van der Waals surface area contributed by atoms with Gasteiger partial charge in [-0.15, -0.1) is 0 Å². The second-order valence-electron chi connectivity index (χ2n) is 4.35. The third-order valence-corrected chi connectivity index (χ3v) is 2.78. The van der Waals surface area contributed by atoms with Crippen LogP contribution in [0.1, 0.15) is 16.8 Å². The van der Waals surface area contributed by atoms with Gasteiger partial charge >= 0.3 is 0 Å². The van der Waals surface area contributed by atoms with E-state index in [1.807, 2.05) is 37.2 Å². The molecule has 0 aliphatic heterocycles. The van der Waals surface area contributed by atoms with Crippen molar-refractivity contribution in [3.05, 3.63) is 35.4 Å². The molecule has 0 atom stereocenters. The standard InChI is InChI=1S/C12H19N5O/c1-10-12(9-16(2)15-10)7-13-5-11-6-14-17(8-11)3-4-18/h6,8-9,13,18H,3-5,7H2,1-2H3. The molecule has 0 unspecified atom stereocenters. The Kier molecular flexibility index (Phi) is 4.11. The number of rotatable bonds is 6. The molecule has 2 heterocycles. The number of nitrogens with zero attached hydrogens (tertiary/aromatic N) is 4. The zero-order valence-electron chi connectivity index (χ0n) is 10.8. The van der Waals surface area contributed by atoms with E-state index in [1.165, 1.54) is 5.56 Å². The summed E-state index contributed by atoms with van der Waals surface area (Å²) < 4.78 is 3.57. The minimum Gasteiger partial charge on any atom is -0.394 e. The van der Waals surface area contributed by atoms with Crippen molar-refractivity contribution in [2.24, 2.45) is 7.05 Å². The van der Waals surface area contributed by atoms with Crippen molar-refractivity contribution in [3.8, 4) is 0 Å². The summed E-state index contributed by atoms with van der Waals surface area (Å²) in [5.74, 6) is 0. The highest BCUT2D eigenvalue weighted by Gasteiger charge is 2.03. The number of aliphatic hydroxyl groups is 1. The van der Waals surface area contributed by atoms with E-state index in [0.29, 0.717) is 6.54 Å². The Hall–Kier alpha value is -1.66. The number of nitrogens with one attached hydrogen (secondary N) is 1. The normalized spacial score (nSPS) is 11.1. The van der Waals surface area contributed by atoms with E-state index in [9.17, 15) is 0 Å². The molecule has 2 rings (SSSR count). The molecule has 6 nitrogen and oxygen atoms in total. The Morgan fingerprint density at radius 1 is 1.33 bits per heavy atom. The van der Waals surface area contributed by atoms with Crippen LogP contribution in [0.4, 0.5) is 0 Å². The lowest BCUT2D eigenvalue weighted by atomic mass is 10.2. The molecular formula is C12H19N5O. The maximum Gasteiger partial charge on any atom is 0.0640 e. The molecule has 98 valence electrons. The quantitative estimate of drug-likeness (QED) is 0.768. The van der Waals surface area contributed by atoms with Crippen molar-refractivity contribution < 1.29 is 5.11 Å². The van der Waals surface area contributed by atoms with Gasteiger partial charge in [0.05, 0.1) is 25.0 Å². The van der Waals surface area contributed by atoms with E-state index in [4.69, 9.17) is 5.11 Å². The molecule has 6 heteroatoms. The van der Waals surface area contributed by atoms with Gasteiger partial charge in [0.25, 0.3) is 0 Å². The molecule has 2 N–H and O–H groups in total. The number of hydrogen-bond acceptors (Lipinski definition) is 4. The van der Waals surface area contributed by atoms with Gasteiger partial charge in [-0.25, -0.2) is 0 Å². The molecule has 0 bridgehead atoms. The Morgan fingerprint density at radius 2 is 2.17 bits per heavy atom. The van der Waals surface area contributed by atoms with E-state index in [-0.39, 0.29) is 6.61 Å². The summed E-state index contributed by atoms with van der Waals surface area (Å²) in [7, 11) is 1.93. The molecule has 0 amide bonds. The van der Waals surface area contributed by atoms with Crippen molar-refractivity contribution in [2.75, 3.05) is 6.61 Å². The minimum absolute atomic E-state index is 0.115. The molecule has 0 aromatic carbocycles. The summed E-state index contributed by atoms with van der Waals surface area (Å²) in [5.41, 5.74) is 3.38. The Labute approximate surface area is 106 Å². The van der Waals surface area contributed by atoms with Crippen molar-refractivity contribution in [3.63, 3.8) is 0 Å².